The van der Waals surface area contributed by atoms with Gasteiger partial charge in [-0.15, -0.1) is 0 Å². The molecule has 1 aliphatic heterocycles. The van der Waals surface area contributed by atoms with Crippen LogP contribution < -0.4 is 22.2 Å². The summed E-state index contributed by atoms with van der Waals surface area (Å²) in [6.07, 6.45) is 4.62. The number of nitrogens with zero attached hydrogens (tertiary/aromatic N) is 6. The van der Waals surface area contributed by atoms with Gasteiger partial charge in [-0.2, -0.15) is 0 Å². The van der Waals surface area contributed by atoms with Crippen LogP contribution in [0.1, 0.15) is 46.1 Å². The molecule has 6 rings (SSSR count). The van der Waals surface area contributed by atoms with E-state index in [4.69, 9.17) is 12.3 Å². The molecule has 1 aliphatic rings. The molecule has 1 fully saturated rings. The monoisotopic (exact) mass is 662 g/mol. The zero-order valence-corrected chi connectivity index (χ0v) is 28.7. The molecule has 11 heteroatoms. The quantitative estimate of drug-likeness (QED) is 0.187. The maximum Gasteiger partial charge on any atom is 0.261 e. The van der Waals surface area contributed by atoms with Crippen LogP contribution >= 0.6 is 0 Å². The second-order valence-corrected chi connectivity index (χ2v) is 14.2. The number of fused-ring (bicyclic) bond motifs is 2. The van der Waals surface area contributed by atoms with E-state index >= 15 is 0 Å². The normalized spacial score (nSPS) is 15.9. The zero-order valence-electron chi connectivity index (χ0n) is 28.7. The molecule has 4 N–H and O–H groups in total. The van der Waals surface area contributed by atoms with Gasteiger partial charge in [0, 0.05) is 43.3 Å². The lowest BCUT2D eigenvalue weighted by Crippen LogP contribution is -2.51. The fourth-order valence-corrected chi connectivity index (χ4v) is 6.32. The minimum Gasteiger partial charge on any atom is -0.390 e. The molecule has 0 unspecified atom stereocenters. The Labute approximate surface area is 286 Å². The van der Waals surface area contributed by atoms with Crippen molar-refractivity contribution < 1.29 is 5.11 Å². The summed E-state index contributed by atoms with van der Waals surface area (Å²) >= 11 is 0. The van der Waals surface area contributed by atoms with Crippen LogP contribution in [0, 0.1) is 6.57 Å². The lowest BCUT2D eigenvalue weighted by molar-refractivity contribution is 0.0622. The smallest absolute Gasteiger partial charge is 0.261 e. The second-order valence-electron chi connectivity index (χ2n) is 14.2. The van der Waals surface area contributed by atoms with Crippen LogP contribution in [0.15, 0.2) is 95.0 Å². The highest BCUT2D eigenvalue weighted by atomic mass is 16.3. The van der Waals surface area contributed by atoms with E-state index in [0.717, 1.165) is 37.0 Å². The van der Waals surface area contributed by atoms with Crippen molar-refractivity contribution in [1.82, 2.24) is 29.3 Å². The predicted octanol–water partition coefficient (Wildman–Crippen LogP) is 4.47. The average Bonchev–Trinajstić information content (AvgIpc) is 3.54. The maximum atomic E-state index is 12.8. The summed E-state index contributed by atoms with van der Waals surface area (Å²) in [4.78, 5) is 39.4. The lowest BCUT2D eigenvalue weighted by Gasteiger charge is -2.33. The number of hydrogen-bond donors (Lipinski definition) is 3. The third kappa shape index (κ3) is 9.25. The number of likely N-dealkylation sites (tertiary alicyclic amines) is 1. The van der Waals surface area contributed by atoms with E-state index in [-0.39, 0.29) is 17.2 Å². The molecular formula is C38H46N8O3. The molecular weight excluding hydrogens is 616 g/mol. The van der Waals surface area contributed by atoms with Crippen molar-refractivity contribution in [2.45, 2.75) is 83.4 Å². The summed E-state index contributed by atoms with van der Waals surface area (Å²) in [6.45, 7) is 18.1. The van der Waals surface area contributed by atoms with Crippen molar-refractivity contribution in [3.05, 3.63) is 123 Å². The Morgan fingerprint density at radius 2 is 1.51 bits per heavy atom. The summed E-state index contributed by atoms with van der Waals surface area (Å²) in [6, 6.07) is 22.4. The van der Waals surface area contributed by atoms with Crippen LogP contribution in [0.5, 0.6) is 0 Å². The number of β-amino-alcohol motifs (C(OH)–C–C–N with tert-alkyl or cyclic N) is 1. The van der Waals surface area contributed by atoms with E-state index in [2.05, 4.69) is 25.0 Å². The summed E-state index contributed by atoms with van der Waals surface area (Å²) in [7, 11) is 0. The number of aromatic nitrogens is 4. The van der Waals surface area contributed by atoms with Crippen LogP contribution in [0.3, 0.4) is 0 Å². The van der Waals surface area contributed by atoms with Crippen molar-refractivity contribution >= 4 is 27.5 Å². The Morgan fingerprint density at radius 1 is 0.918 bits per heavy atom. The van der Waals surface area contributed by atoms with E-state index < -0.39 is 17.2 Å². The molecule has 0 spiro atoms. The number of nitrogens with one attached hydrogen (secondary N) is 1. The first-order chi connectivity index (χ1) is 23.3. The van der Waals surface area contributed by atoms with E-state index in [1.54, 1.807) is 33.9 Å². The molecule has 0 saturated carbocycles. The van der Waals surface area contributed by atoms with E-state index in [1.807, 2.05) is 88.4 Å². The number of benzene rings is 3. The third-order valence-corrected chi connectivity index (χ3v) is 8.68. The number of aliphatic hydroxyl groups is 1. The topological polar surface area (TPSA) is 136 Å². The van der Waals surface area contributed by atoms with Crippen LogP contribution in [0.2, 0.25) is 0 Å². The van der Waals surface area contributed by atoms with Gasteiger partial charge >= 0.3 is 0 Å². The standard InChI is InChI=1S/C26H31N5O2.C12H15N3O/c1-26(2,17-31-18-28-22-11-5-4-10-21(22)25(31)33)29-15-24(32)23-12-7-13-30(23)16-19-8-6-9-20(14-19)27-3;1-12(2,13)7-15-8-14-10-6-4-3-5-9(10)11(15)16/h4-6,8-11,14,18,23-24,29,32H,7,12-13,15-17H2,1-2H3;3-6,8H,7,13H2,1-2H3/t23-,24-;/m1./s1. The first-order valence-electron chi connectivity index (χ1n) is 16.6. The molecule has 0 aliphatic carbocycles. The van der Waals surface area contributed by atoms with E-state index in [1.165, 1.54) is 0 Å². The molecule has 256 valence electrons. The lowest BCUT2D eigenvalue weighted by atomic mass is 10.0. The highest BCUT2D eigenvalue weighted by Crippen LogP contribution is 2.24. The van der Waals surface area contributed by atoms with Gasteiger partial charge in [-0.05, 0) is 76.9 Å². The Morgan fingerprint density at radius 3 is 2.10 bits per heavy atom. The third-order valence-electron chi connectivity index (χ3n) is 8.68. The number of rotatable bonds is 10. The number of hydrogen-bond acceptors (Lipinski definition) is 8. The van der Waals surface area contributed by atoms with E-state index in [9.17, 15) is 14.7 Å². The average molecular weight is 663 g/mol. The minimum absolute atomic E-state index is 0.0378. The molecule has 11 nitrogen and oxygen atoms in total. The van der Waals surface area contributed by atoms with E-state index in [0.29, 0.717) is 41.6 Å². The van der Waals surface area contributed by atoms with Gasteiger partial charge in [0.05, 0.1) is 47.1 Å². The van der Waals surface area contributed by atoms with Crippen LogP contribution in [-0.2, 0) is 19.6 Å². The van der Waals surface area contributed by atoms with Crippen molar-refractivity contribution in [3.8, 4) is 0 Å². The SMILES string of the molecule is CC(C)(N)Cn1cnc2ccccc2c1=O.[C-]#[N+]c1cccc(CN2CCC[C@@H]2[C@H](O)CNC(C)(C)Cn2cnc3ccccc3c2=O)c1. The van der Waals surface area contributed by atoms with Crippen LogP contribution in [-0.4, -0.2) is 65.4 Å². The molecule has 2 atom stereocenters. The minimum atomic E-state index is -0.526. The second kappa shape index (κ2) is 15.2. The molecule has 0 amide bonds. The van der Waals surface area contributed by atoms with Gasteiger partial charge in [0.2, 0.25) is 0 Å². The van der Waals surface area contributed by atoms with Gasteiger partial charge in [0.15, 0.2) is 5.69 Å². The molecule has 5 aromatic rings. The predicted molar refractivity (Wildman–Crippen MR) is 194 cm³/mol. The number of aliphatic hydroxyl groups excluding tert-OH is 1. The number of nitrogens with two attached hydrogens (primary N) is 1. The van der Waals surface area contributed by atoms with Gasteiger partial charge in [-0.3, -0.25) is 23.6 Å². The molecule has 0 radical (unpaired) electrons. The highest BCUT2D eigenvalue weighted by Gasteiger charge is 2.32. The summed E-state index contributed by atoms with van der Waals surface area (Å²) in [5, 5.41) is 15.7. The molecule has 49 heavy (non-hydrogen) atoms. The van der Waals surface area contributed by atoms with Crippen molar-refractivity contribution in [3.63, 3.8) is 0 Å². The fraction of sp³-hybridized carbons (Fsp3) is 0.395. The number of para-hydroxylation sites is 2. The summed E-state index contributed by atoms with van der Waals surface area (Å²) in [5.41, 5.74) is 8.13. The molecule has 1 saturated heterocycles. The first-order valence-corrected chi connectivity index (χ1v) is 16.6. The molecule has 3 aromatic carbocycles. The Balaban J connectivity index is 0.000000244. The van der Waals surface area contributed by atoms with Crippen LogP contribution in [0.25, 0.3) is 26.7 Å². The fourth-order valence-electron chi connectivity index (χ4n) is 6.32. The Bertz CT molecular complexity index is 2060. The summed E-state index contributed by atoms with van der Waals surface area (Å²) < 4.78 is 3.19. The molecule has 2 aromatic heterocycles. The Hall–Kier alpha value is -4.73. The van der Waals surface area contributed by atoms with Crippen molar-refractivity contribution in [2.24, 2.45) is 5.73 Å². The van der Waals surface area contributed by atoms with Gasteiger partial charge in [0.25, 0.3) is 11.1 Å². The van der Waals surface area contributed by atoms with Crippen LogP contribution in [0.4, 0.5) is 5.69 Å². The zero-order chi connectivity index (χ0) is 35.2. The highest BCUT2D eigenvalue weighted by molar-refractivity contribution is 5.77. The first kappa shape index (κ1) is 35.6. The largest absolute Gasteiger partial charge is 0.390 e. The van der Waals surface area contributed by atoms with Gasteiger partial charge in [-0.1, -0.05) is 48.5 Å². The van der Waals surface area contributed by atoms with Crippen molar-refractivity contribution in [1.29, 1.82) is 0 Å². The van der Waals surface area contributed by atoms with Gasteiger partial charge < -0.3 is 16.2 Å². The van der Waals surface area contributed by atoms with Gasteiger partial charge in [0.1, 0.15) is 0 Å². The molecule has 3 heterocycles. The van der Waals surface area contributed by atoms with Gasteiger partial charge in [-0.25, -0.2) is 14.8 Å². The van der Waals surface area contributed by atoms with Crippen molar-refractivity contribution in [2.75, 3.05) is 13.1 Å². The maximum absolute atomic E-state index is 12.8. The molecule has 0 bridgehead atoms. The Kier molecular flexibility index (Phi) is 11.1. The summed E-state index contributed by atoms with van der Waals surface area (Å²) in [5.74, 6) is 0.